The van der Waals surface area contributed by atoms with Crippen molar-refractivity contribution in [2.75, 3.05) is 29.4 Å². The molecule has 0 bridgehead atoms. The molecule has 0 saturated carbocycles. The molecule has 0 N–H and O–H groups in total. The molecule has 0 saturated heterocycles. The summed E-state index contributed by atoms with van der Waals surface area (Å²) in [6.45, 7) is 30.1. The van der Waals surface area contributed by atoms with Gasteiger partial charge in [-0.15, -0.1) is 0 Å². The van der Waals surface area contributed by atoms with Crippen LogP contribution in [0.1, 0.15) is 111 Å². The minimum absolute atomic E-state index is 0.0240. The molecule has 6 nitrogen and oxygen atoms in total. The lowest BCUT2D eigenvalue weighted by atomic mass is 9.33. The van der Waals surface area contributed by atoms with Crippen molar-refractivity contribution < 1.29 is 0 Å². The Labute approximate surface area is 647 Å². The summed E-state index contributed by atoms with van der Waals surface area (Å²) in [4.78, 5) is 14.7. The third-order valence-corrected chi connectivity index (χ3v) is 22.5. The van der Waals surface area contributed by atoms with E-state index in [1.54, 1.807) is 0 Å². The molecule has 0 radical (unpaired) electrons. The van der Waals surface area contributed by atoms with Crippen LogP contribution in [0.4, 0.5) is 102 Å². The van der Waals surface area contributed by atoms with Crippen molar-refractivity contribution in [3.63, 3.8) is 0 Å². The highest BCUT2D eigenvalue weighted by Gasteiger charge is 2.46. The summed E-state index contributed by atoms with van der Waals surface area (Å²) in [6, 6.07) is 123. The van der Waals surface area contributed by atoms with Crippen LogP contribution >= 0.6 is 0 Å². The standard InChI is InChI=1S/C54H39BN4.C47H55BN2/c1-6-20-40(21-7-1)56(41-22-8-2-9-23-41)45-30-18-31-46(38-45)57(42-24-10-3-11-25-42)47-36-37-49-53(39-47)59(44-28-14-5-15-29-44)52-35-19-34-51-54(52)55(49)48-32-16-17-33-50(48)58(51)43-26-12-4-13-27-43;1-30-26-41-43-42(27-30)50(36-22-16-32(17-23-36)45(5,6)7)40-25-19-34(47(11,12)13)29-38(40)48(43)37-28-33(46(8,9)10)18-24-39(37)49(41)35-20-14-31(15-21-35)44(2,3)4/h1-39H;14-29H,1-13H3. The third-order valence-electron chi connectivity index (χ3n) is 22.5. The van der Waals surface area contributed by atoms with Crippen LogP contribution in [0.5, 0.6) is 0 Å². The summed E-state index contributed by atoms with van der Waals surface area (Å²) in [5.41, 5.74) is 36.0. The van der Waals surface area contributed by atoms with Crippen molar-refractivity contribution in [2.45, 2.75) is 112 Å². The summed E-state index contributed by atoms with van der Waals surface area (Å²) in [5.74, 6) is 0. The Morgan fingerprint density at radius 3 is 0.954 bits per heavy atom. The quantitative estimate of drug-likeness (QED) is 0.126. The molecule has 14 aromatic carbocycles. The molecule has 0 atom stereocenters. The lowest BCUT2D eigenvalue weighted by molar-refractivity contribution is 0.590. The zero-order chi connectivity index (χ0) is 75.3. The highest BCUT2D eigenvalue weighted by Crippen LogP contribution is 2.50. The van der Waals surface area contributed by atoms with Gasteiger partial charge in [-0.05, 0) is 247 Å². The Balaban J connectivity index is 0.000000162. The predicted octanol–water partition coefficient (Wildman–Crippen LogP) is 24.0. The molecule has 0 spiro atoms. The van der Waals surface area contributed by atoms with Crippen LogP contribution in [0, 0.1) is 6.92 Å². The molecule has 0 unspecified atom stereocenters. The van der Waals surface area contributed by atoms with E-state index in [1.807, 2.05) is 0 Å². The monoisotopic (exact) mass is 1410 g/mol. The van der Waals surface area contributed by atoms with Gasteiger partial charge in [0.2, 0.25) is 0 Å². The second-order valence-electron chi connectivity index (χ2n) is 33.9. The second kappa shape index (κ2) is 27.4. The molecule has 0 aliphatic carbocycles. The Hall–Kier alpha value is -12.0. The van der Waals surface area contributed by atoms with Crippen molar-refractivity contribution in [1.29, 1.82) is 0 Å². The van der Waals surface area contributed by atoms with Gasteiger partial charge in [0.15, 0.2) is 0 Å². The lowest BCUT2D eigenvalue weighted by Crippen LogP contribution is -2.61. The fourth-order valence-corrected chi connectivity index (χ4v) is 17.0. The van der Waals surface area contributed by atoms with Gasteiger partial charge in [-0.3, -0.25) is 0 Å². The summed E-state index contributed by atoms with van der Waals surface area (Å²) in [7, 11) is 0. The van der Waals surface area contributed by atoms with Gasteiger partial charge in [-0.2, -0.15) is 0 Å². The van der Waals surface area contributed by atoms with Crippen molar-refractivity contribution in [3.05, 3.63) is 361 Å². The van der Waals surface area contributed by atoms with E-state index in [0.717, 1.165) is 45.5 Å². The Morgan fingerprint density at radius 2 is 0.514 bits per heavy atom. The van der Waals surface area contributed by atoms with E-state index < -0.39 is 0 Å². The maximum atomic E-state index is 2.54. The molecule has 0 aromatic heterocycles. The van der Waals surface area contributed by atoms with Crippen molar-refractivity contribution in [1.82, 2.24) is 0 Å². The normalized spacial score (nSPS) is 13.3. The summed E-state index contributed by atoms with van der Waals surface area (Å²) >= 11 is 0. The molecule has 8 heteroatoms. The number of hydrogen-bond donors (Lipinski definition) is 0. The largest absolute Gasteiger partial charge is 0.311 e. The Kier molecular flexibility index (Phi) is 17.6. The number of nitrogens with zero attached hydrogens (tertiary/aromatic N) is 6. The van der Waals surface area contributed by atoms with E-state index in [2.05, 4.69) is 453 Å². The molecule has 4 aliphatic heterocycles. The molecular formula is C101H94B2N6. The van der Waals surface area contributed by atoms with Gasteiger partial charge in [-0.1, -0.05) is 259 Å². The van der Waals surface area contributed by atoms with Gasteiger partial charge in [0.05, 0.1) is 0 Å². The summed E-state index contributed by atoms with van der Waals surface area (Å²) < 4.78 is 0. The molecule has 18 rings (SSSR count). The maximum Gasteiger partial charge on any atom is 0.252 e. The Morgan fingerprint density at radius 1 is 0.211 bits per heavy atom. The number of aryl methyl sites for hydroxylation is 1. The number of hydrogen-bond acceptors (Lipinski definition) is 6. The van der Waals surface area contributed by atoms with Gasteiger partial charge >= 0.3 is 0 Å². The van der Waals surface area contributed by atoms with E-state index in [4.69, 9.17) is 0 Å². The minimum Gasteiger partial charge on any atom is -0.311 e. The minimum atomic E-state index is 0.0240. The molecule has 0 fully saturated rings. The number of para-hydroxylation sites is 6. The first-order chi connectivity index (χ1) is 52.5. The van der Waals surface area contributed by atoms with Crippen LogP contribution in [0.2, 0.25) is 0 Å². The smallest absolute Gasteiger partial charge is 0.252 e. The lowest BCUT2D eigenvalue weighted by Gasteiger charge is -2.45. The molecule has 4 aliphatic rings. The van der Waals surface area contributed by atoms with Gasteiger partial charge < -0.3 is 29.4 Å². The van der Waals surface area contributed by atoms with Crippen LogP contribution in [0.15, 0.2) is 334 Å². The average Bonchev–Trinajstić information content (AvgIpc) is 0.701. The Bertz CT molecular complexity index is 5510. The molecule has 109 heavy (non-hydrogen) atoms. The van der Waals surface area contributed by atoms with Gasteiger partial charge in [-0.25, -0.2) is 0 Å². The number of rotatable bonds is 10. The van der Waals surface area contributed by atoms with Crippen molar-refractivity contribution in [2.24, 2.45) is 0 Å². The number of anilines is 18. The molecule has 534 valence electrons. The van der Waals surface area contributed by atoms with Crippen LogP contribution < -0.4 is 62.2 Å². The van der Waals surface area contributed by atoms with Crippen LogP contribution in [-0.2, 0) is 21.7 Å². The van der Waals surface area contributed by atoms with E-state index in [0.29, 0.717) is 0 Å². The van der Waals surface area contributed by atoms with Crippen LogP contribution in [0.25, 0.3) is 0 Å². The van der Waals surface area contributed by atoms with Crippen molar-refractivity contribution >= 4 is 149 Å². The van der Waals surface area contributed by atoms with Gasteiger partial charge in [0.1, 0.15) is 0 Å². The predicted molar refractivity (Wildman–Crippen MR) is 470 cm³/mol. The third kappa shape index (κ3) is 12.7. The molecular weight excluding hydrogens is 1320 g/mol. The van der Waals surface area contributed by atoms with E-state index in [-0.39, 0.29) is 35.1 Å². The fourth-order valence-electron chi connectivity index (χ4n) is 17.0. The summed E-state index contributed by atoms with van der Waals surface area (Å²) in [5, 5.41) is 0. The van der Waals surface area contributed by atoms with Crippen LogP contribution in [0.3, 0.4) is 0 Å². The van der Waals surface area contributed by atoms with Crippen molar-refractivity contribution in [3.8, 4) is 0 Å². The van der Waals surface area contributed by atoms with Crippen LogP contribution in [-0.4, -0.2) is 13.4 Å². The first kappa shape index (κ1) is 70.0. The highest BCUT2D eigenvalue weighted by molar-refractivity contribution is 7.01. The summed E-state index contributed by atoms with van der Waals surface area (Å²) in [6.07, 6.45) is 0. The maximum absolute atomic E-state index is 2.54. The topological polar surface area (TPSA) is 19.4 Å². The van der Waals surface area contributed by atoms with Gasteiger partial charge in [0, 0.05) is 102 Å². The number of fused-ring (bicyclic) bond motifs is 8. The van der Waals surface area contributed by atoms with E-state index in [1.165, 1.54) is 117 Å². The zero-order valence-electron chi connectivity index (χ0n) is 65.1. The molecule has 4 heterocycles. The molecule has 14 aromatic rings. The fraction of sp³-hybridized carbons (Fsp3) is 0.168. The number of benzene rings is 14. The molecule has 0 amide bonds. The zero-order valence-corrected chi connectivity index (χ0v) is 65.1. The SMILES string of the molecule is Cc1cc2c3c(c1)N(c1ccc(C(C)(C)C)cc1)c1ccc(C(C)(C)C)cc1B3c1cc(C(C)(C)C)ccc1N2c1ccc(C(C)(C)C)cc1.c1ccc(N(c2ccccc2)c2cccc(N(c3ccccc3)c3ccc4c(c3)N(c3ccccc3)c3cccc5c3B4c3ccccc3N5c3ccccc3)c2)cc1. The van der Waals surface area contributed by atoms with Gasteiger partial charge in [0.25, 0.3) is 13.4 Å². The second-order valence-corrected chi connectivity index (χ2v) is 33.9. The first-order valence-corrected chi connectivity index (χ1v) is 38.7. The average molecular weight is 1410 g/mol. The highest BCUT2D eigenvalue weighted by atomic mass is 15.2. The van der Waals surface area contributed by atoms with E-state index >= 15 is 0 Å². The van der Waals surface area contributed by atoms with E-state index in [9.17, 15) is 0 Å². The first-order valence-electron chi connectivity index (χ1n) is 38.7.